The Morgan fingerprint density at radius 3 is 1.89 bits per heavy atom. The van der Waals surface area contributed by atoms with Gasteiger partial charge in [-0.15, -0.1) is 0 Å². The fourth-order valence-electron chi connectivity index (χ4n) is 3.70. The van der Waals surface area contributed by atoms with Gasteiger partial charge in [-0.3, -0.25) is 14.3 Å². The zero-order valence-corrected chi connectivity index (χ0v) is 19.4. The molecule has 1 aliphatic heterocycles. The molecule has 0 radical (unpaired) electrons. The molecule has 37 heavy (non-hydrogen) atoms. The number of benzene rings is 2. The Labute approximate surface area is 209 Å². The highest BCUT2D eigenvalue weighted by atomic mass is 16.8. The van der Waals surface area contributed by atoms with E-state index in [1.54, 1.807) is 60.7 Å². The number of hydrogen-bond acceptors (Lipinski definition) is 10. The summed E-state index contributed by atoms with van der Waals surface area (Å²) in [5, 5.41) is 9.87. The number of rotatable bonds is 8. The molecule has 12 nitrogen and oxygen atoms in total. The number of hydrogen-bond donors (Lipinski definition) is 2. The van der Waals surface area contributed by atoms with Gasteiger partial charge in [-0.05, 0) is 11.1 Å². The molecule has 1 aromatic heterocycles. The highest BCUT2D eigenvalue weighted by Gasteiger charge is 2.51. The van der Waals surface area contributed by atoms with Crippen LogP contribution in [-0.2, 0) is 36.9 Å². The van der Waals surface area contributed by atoms with Crippen LogP contribution in [0.2, 0.25) is 0 Å². The molecule has 2 heterocycles. The second kappa shape index (κ2) is 12.0. The van der Waals surface area contributed by atoms with Crippen LogP contribution in [0.1, 0.15) is 17.4 Å². The molecule has 0 amide bonds. The molecule has 0 bridgehead atoms. The summed E-state index contributed by atoms with van der Waals surface area (Å²) in [5.41, 5.74) is -0.125. The van der Waals surface area contributed by atoms with Crippen molar-refractivity contribution in [2.75, 3.05) is 6.61 Å². The Balaban J connectivity index is 1.52. The van der Waals surface area contributed by atoms with Crippen LogP contribution in [0.3, 0.4) is 0 Å². The van der Waals surface area contributed by atoms with E-state index in [2.05, 4.69) is 4.98 Å². The molecule has 4 atom stereocenters. The molecule has 0 aliphatic carbocycles. The lowest BCUT2D eigenvalue weighted by molar-refractivity contribution is -0.0685. The van der Waals surface area contributed by atoms with Crippen LogP contribution >= 0.6 is 0 Å². The zero-order valence-electron chi connectivity index (χ0n) is 19.4. The normalized spacial score (nSPS) is 20.7. The molecule has 1 unspecified atom stereocenters. The monoisotopic (exact) mass is 512 g/mol. The average molecular weight is 512 g/mol. The van der Waals surface area contributed by atoms with Gasteiger partial charge in [0, 0.05) is 12.3 Å². The maximum atomic E-state index is 12.5. The van der Waals surface area contributed by atoms with Gasteiger partial charge < -0.3 is 28.8 Å². The van der Waals surface area contributed by atoms with E-state index in [0.717, 1.165) is 16.8 Å². The smallest absolute Gasteiger partial charge is 0.429 e. The van der Waals surface area contributed by atoms with E-state index in [0.29, 0.717) is 11.1 Å². The second-order valence-corrected chi connectivity index (χ2v) is 7.98. The summed E-state index contributed by atoms with van der Waals surface area (Å²) in [7, 11) is 0. The molecule has 2 N–H and O–H groups in total. The third-order valence-electron chi connectivity index (χ3n) is 5.45. The molecule has 1 fully saturated rings. The van der Waals surface area contributed by atoms with Crippen molar-refractivity contribution < 1.29 is 38.4 Å². The van der Waals surface area contributed by atoms with Crippen molar-refractivity contribution in [3.8, 4) is 0 Å². The number of ether oxygens (including phenoxy) is 5. The Morgan fingerprint density at radius 2 is 1.38 bits per heavy atom. The van der Waals surface area contributed by atoms with Crippen LogP contribution in [-0.4, -0.2) is 51.9 Å². The standard InChI is InChI=1S/C25H24N2O10/c28-13-18-20(36-24(31)33-14-16-7-3-1-4-8-16)21(22(35-18)27-12-11-19(29)26-23(27)30)37-25(32)34-15-17-9-5-2-6-10-17/h1-12,18,20-22,28H,13-15H2,(H,26,29,30)/t18-,20?,21+,22-/m1/s1. The van der Waals surface area contributed by atoms with E-state index in [-0.39, 0.29) is 13.2 Å². The summed E-state index contributed by atoms with van der Waals surface area (Å²) in [6.45, 7) is -0.848. The van der Waals surface area contributed by atoms with Crippen molar-refractivity contribution in [1.29, 1.82) is 0 Å². The van der Waals surface area contributed by atoms with Crippen LogP contribution in [0.5, 0.6) is 0 Å². The summed E-state index contributed by atoms with van der Waals surface area (Å²) in [5.74, 6) is 0. The summed E-state index contributed by atoms with van der Waals surface area (Å²) in [6, 6.07) is 18.7. The topological polar surface area (TPSA) is 155 Å². The summed E-state index contributed by atoms with van der Waals surface area (Å²) in [4.78, 5) is 51.0. The predicted molar refractivity (Wildman–Crippen MR) is 125 cm³/mol. The van der Waals surface area contributed by atoms with Crippen molar-refractivity contribution in [3.63, 3.8) is 0 Å². The van der Waals surface area contributed by atoms with Gasteiger partial charge in [0.05, 0.1) is 6.61 Å². The molecule has 1 aliphatic rings. The number of aliphatic hydroxyl groups is 1. The van der Waals surface area contributed by atoms with Crippen LogP contribution in [0.25, 0.3) is 0 Å². The van der Waals surface area contributed by atoms with Gasteiger partial charge in [0.25, 0.3) is 5.56 Å². The average Bonchev–Trinajstić information content (AvgIpc) is 3.23. The summed E-state index contributed by atoms with van der Waals surface area (Å²) >= 11 is 0. The number of H-pyrrole nitrogens is 1. The van der Waals surface area contributed by atoms with Crippen LogP contribution in [0.4, 0.5) is 9.59 Å². The molecule has 3 aromatic rings. The van der Waals surface area contributed by atoms with Gasteiger partial charge in [0.1, 0.15) is 19.3 Å². The second-order valence-electron chi connectivity index (χ2n) is 7.98. The number of carbonyl (C=O) groups excluding carboxylic acids is 2. The third kappa shape index (κ3) is 6.63. The molecule has 194 valence electrons. The Morgan fingerprint density at radius 1 is 0.838 bits per heavy atom. The van der Waals surface area contributed by atoms with E-state index < -0.39 is 54.7 Å². The minimum Gasteiger partial charge on any atom is -0.429 e. The lowest BCUT2D eigenvalue weighted by atomic mass is 10.1. The Bertz CT molecular complexity index is 1310. The minimum absolute atomic E-state index is 0.0928. The molecule has 0 saturated carbocycles. The van der Waals surface area contributed by atoms with Gasteiger partial charge >= 0.3 is 18.0 Å². The molecule has 1 saturated heterocycles. The van der Waals surface area contributed by atoms with Crippen molar-refractivity contribution >= 4 is 12.3 Å². The van der Waals surface area contributed by atoms with Gasteiger partial charge in [0.15, 0.2) is 18.4 Å². The molecular formula is C25H24N2O10. The van der Waals surface area contributed by atoms with Gasteiger partial charge in [-0.25, -0.2) is 14.4 Å². The number of nitrogens with zero attached hydrogens (tertiary/aromatic N) is 1. The first-order chi connectivity index (χ1) is 17.9. The van der Waals surface area contributed by atoms with Crippen molar-refractivity contribution in [2.45, 2.75) is 37.8 Å². The number of carbonyl (C=O) groups is 2. The van der Waals surface area contributed by atoms with Crippen LogP contribution < -0.4 is 11.2 Å². The third-order valence-corrected chi connectivity index (χ3v) is 5.45. The molecule has 0 spiro atoms. The molecule has 4 rings (SSSR count). The first kappa shape index (κ1) is 25.7. The largest absolute Gasteiger partial charge is 0.509 e. The zero-order chi connectivity index (χ0) is 26.2. The summed E-state index contributed by atoms with van der Waals surface area (Å²) < 4.78 is 27.7. The summed E-state index contributed by atoms with van der Waals surface area (Å²) in [6.07, 6.45) is -6.49. The minimum atomic E-state index is -1.44. The molecule has 2 aromatic carbocycles. The number of aromatic amines is 1. The molecule has 12 heteroatoms. The number of aliphatic hydroxyl groups excluding tert-OH is 1. The Hall–Kier alpha value is -4.42. The van der Waals surface area contributed by atoms with Crippen molar-refractivity contribution in [2.24, 2.45) is 0 Å². The SMILES string of the molecule is O=C(OCc1ccccc1)OC1[C@@H](CO)O[C@@H](n2ccc(=O)[nH]c2=O)[C@H]1OC(=O)OCc1ccccc1. The van der Waals surface area contributed by atoms with Crippen molar-refractivity contribution in [3.05, 3.63) is 105 Å². The fourth-order valence-corrected chi connectivity index (χ4v) is 3.70. The van der Waals surface area contributed by atoms with E-state index in [1.165, 1.54) is 0 Å². The number of nitrogens with one attached hydrogen (secondary N) is 1. The Kier molecular flexibility index (Phi) is 8.33. The highest BCUT2D eigenvalue weighted by Crippen LogP contribution is 2.33. The first-order valence-corrected chi connectivity index (χ1v) is 11.3. The lowest BCUT2D eigenvalue weighted by Crippen LogP contribution is -2.42. The fraction of sp³-hybridized carbons (Fsp3) is 0.280. The van der Waals surface area contributed by atoms with Crippen LogP contribution in [0, 0.1) is 0 Å². The maximum Gasteiger partial charge on any atom is 0.509 e. The maximum absolute atomic E-state index is 12.5. The highest BCUT2D eigenvalue weighted by molar-refractivity contribution is 5.62. The van der Waals surface area contributed by atoms with Gasteiger partial charge in [-0.2, -0.15) is 0 Å². The lowest BCUT2D eigenvalue weighted by Gasteiger charge is -2.24. The van der Waals surface area contributed by atoms with E-state index in [1.807, 2.05) is 0 Å². The van der Waals surface area contributed by atoms with E-state index in [4.69, 9.17) is 23.7 Å². The molecular weight excluding hydrogens is 488 g/mol. The van der Waals surface area contributed by atoms with E-state index in [9.17, 15) is 24.3 Å². The predicted octanol–water partition coefficient (Wildman–Crippen LogP) is 1.87. The number of aromatic nitrogens is 2. The quantitative estimate of drug-likeness (QED) is 0.427. The van der Waals surface area contributed by atoms with Crippen molar-refractivity contribution in [1.82, 2.24) is 9.55 Å². The van der Waals surface area contributed by atoms with Gasteiger partial charge in [-0.1, -0.05) is 60.7 Å². The van der Waals surface area contributed by atoms with Gasteiger partial charge in [0.2, 0.25) is 0 Å². The van der Waals surface area contributed by atoms with E-state index >= 15 is 0 Å². The van der Waals surface area contributed by atoms with Crippen LogP contribution in [0.15, 0.2) is 82.5 Å². The first-order valence-electron chi connectivity index (χ1n) is 11.3.